The van der Waals surface area contributed by atoms with Crippen LogP contribution in [0.3, 0.4) is 0 Å². The number of likely N-dealkylation sites (tertiary alicyclic amines) is 1. The molecular weight excluding hydrogens is 290 g/mol. The number of methoxy groups -OCH3 is 1. The first-order valence-electron chi connectivity index (χ1n) is 8.90. The van der Waals surface area contributed by atoms with Crippen LogP contribution >= 0.6 is 0 Å². The lowest BCUT2D eigenvalue weighted by atomic mass is 9.26. The summed E-state index contributed by atoms with van der Waals surface area (Å²) in [7, 11) is 3.91. The summed E-state index contributed by atoms with van der Waals surface area (Å²) in [5.74, 6) is 0.837. The van der Waals surface area contributed by atoms with Gasteiger partial charge in [0.1, 0.15) is 6.10 Å². The number of aliphatic hydroxyl groups is 1. The van der Waals surface area contributed by atoms with Crippen LogP contribution < -0.4 is 0 Å². The molecular formula is C19H25NO3. The number of hydrogen-bond acceptors (Lipinski definition) is 4. The molecule has 0 amide bonds. The van der Waals surface area contributed by atoms with E-state index in [-0.39, 0.29) is 28.6 Å². The topological polar surface area (TPSA) is 49.8 Å². The molecule has 3 saturated carbocycles. The molecule has 1 heterocycles. The second-order valence-corrected chi connectivity index (χ2v) is 8.25. The molecule has 0 radical (unpaired) electrons. The minimum Gasteiger partial charge on any atom is -0.390 e. The number of ether oxygens (including phenoxy) is 1. The summed E-state index contributed by atoms with van der Waals surface area (Å²) < 4.78 is 5.60. The molecule has 2 spiro atoms. The highest BCUT2D eigenvalue weighted by atomic mass is 16.5. The van der Waals surface area contributed by atoms with E-state index in [2.05, 4.69) is 24.1 Å². The van der Waals surface area contributed by atoms with Crippen LogP contribution in [-0.4, -0.2) is 54.7 Å². The second-order valence-electron chi connectivity index (χ2n) is 8.25. The van der Waals surface area contributed by atoms with Gasteiger partial charge in [0.2, 0.25) is 0 Å². The zero-order valence-corrected chi connectivity index (χ0v) is 13.9. The van der Waals surface area contributed by atoms with Crippen molar-refractivity contribution in [1.29, 1.82) is 0 Å². The van der Waals surface area contributed by atoms with Gasteiger partial charge in [0.15, 0.2) is 5.78 Å². The number of rotatable bonds is 1. The number of fused-ring (bicyclic) bond motifs is 1. The molecule has 4 nitrogen and oxygen atoms in total. The molecule has 7 atom stereocenters. The zero-order valence-electron chi connectivity index (χ0n) is 13.9. The highest BCUT2D eigenvalue weighted by molar-refractivity contribution is 5.91. The first kappa shape index (κ1) is 14.4. The predicted molar refractivity (Wildman–Crippen MR) is 85.8 cm³/mol. The monoisotopic (exact) mass is 315 g/mol. The SMILES string of the molecule is COC1C=C2CCN(C)C3CCC45C=CC(=O)CC4C23C5C1O. The van der Waals surface area contributed by atoms with Gasteiger partial charge in [0.05, 0.1) is 6.10 Å². The van der Waals surface area contributed by atoms with E-state index in [1.165, 1.54) is 12.0 Å². The van der Waals surface area contributed by atoms with Gasteiger partial charge in [0.25, 0.3) is 0 Å². The van der Waals surface area contributed by atoms with Gasteiger partial charge >= 0.3 is 0 Å². The van der Waals surface area contributed by atoms with Crippen molar-refractivity contribution in [2.45, 2.75) is 43.9 Å². The predicted octanol–water partition coefficient (Wildman–Crippen LogP) is 1.55. The molecule has 1 saturated heterocycles. The van der Waals surface area contributed by atoms with Gasteiger partial charge in [-0.3, -0.25) is 4.79 Å². The molecule has 0 aromatic carbocycles. The van der Waals surface area contributed by atoms with Gasteiger partial charge < -0.3 is 14.7 Å². The molecule has 2 bridgehead atoms. The molecule has 124 valence electrons. The number of allylic oxidation sites excluding steroid dienone is 2. The third-order valence-corrected chi connectivity index (χ3v) is 7.84. The average molecular weight is 315 g/mol. The normalized spacial score (nSPS) is 54.0. The minimum absolute atomic E-state index is 0.000116. The van der Waals surface area contributed by atoms with Crippen LogP contribution in [0.1, 0.15) is 25.7 Å². The van der Waals surface area contributed by atoms with E-state index in [1.807, 2.05) is 0 Å². The van der Waals surface area contributed by atoms with Crippen molar-refractivity contribution in [3.05, 3.63) is 23.8 Å². The Morgan fingerprint density at radius 1 is 1.43 bits per heavy atom. The van der Waals surface area contributed by atoms with Crippen molar-refractivity contribution in [3.63, 3.8) is 0 Å². The van der Waals surface area contributed by atoms with E-state index in [4.69, 9.17) is 4.74 Å². The van der Waals surface area contributed by atoms with Crippen molar-refractivity contribution in [2.24, 2.45) is 22.7 Å². The summed E-state index contributed by atoms with van der Waals surface area (Å²) >= 11 is 0. The molecule has 23 heavy (non-hydrogen) atoms. The minimum atomic E-state index is -0.466. The Morgan fingerprint density at radius 2 is 2.26 bits per heavy atom. The molecule has 1 aliphatic heterocycles. The van der Waals surface area contributed by atoms with Crippen molar-refractivity contribution in [2.75, 3.05) is 20.7 Å². The molecule has 7 unspecified atom stereocenters. The van der Waals surface area contributed by atoms with Crippen molar-refractivity contribution in [1.82, 2.24) is 4.90 Å². The van der Waals surface area contributed by atoms with Crippen LogP contribution in [-0.2, 0) is 9.53 Å². The maximum Gasteiger partial charge on any atom is 0.155 e. The highest BCUT2D eigenvalue weighted by Crippen LogP contribution is 2.79. The quantitative estimate of drug-likeness (QED) is 0.746. The molecule has 0 aromatic heterocycles. The fourth-order valence-corrected chi connectivity index (χ4v) is 7.21. The van der Waals surface area contributed by atoms with Crippen molar-refractivity contribution >= 4 is 5.78 Å². The lowest BCUT2D eigenvalue weighted by molar-refractivity contribution is -0.285. The van der Waals surface area contributed by atoms with E-state index in [9.17, 15) is 9.90 Å². The smallest absolute Gasteiger partial charge is 0.155 e. The number of hydrogen-bond donors (Lipinski definition) is 1. The first-order chi connectivity index (χ1) is 11.1. The Bertz CT molecular complexity index is 641. The number of carbonyl (C=O) groups is 1. The van der Waals surface area contributed by atoms with Gasteiger partial charge in [-0.25, -0.2) is 0 Å². The van der Waals surface area contributed by atoms with Crippen molar-refractivity contribution in [3.8, 4) is 0 Å². The first-order valence-corrected chi connectivity index (χ1v) is 8.90. The second kappa shape index (κ2) is 4.35. The Kier molecular flexibility index (Phi) is 2.72. The summed E-state index contributed by atoms with van der Waals surface area (Å²) in [4.78, 5) is 14.6. The van der Waals surface area contributed by atoms with Crippen LogP contribution in [0.5, 0.6) is 0 Å². The van der Waals surface area contributed by atoms with E-state index in [0.29, 0.717) is 18.4 Å². The Balaban J connectivity index is 1.73. The van der Waals surface area contributed by atoms with E-state index in [0.717, 1.165) is 19.4 Å². The zero-order chi connectivity index (χ0) is 16.0. The highest BCUT2D eigenvalue weighted by Gasteiger charge is 2.79. The number of nitrogens with zero attached hydrogens (tertiary/aromatic N) is 1. The fourth-order valence-electron chi connectivity index (χ4n) is 7.21. The maximum absolute atomic E-state index is 12.1. The number of carbonyl (C=O) groups excluding carboxylic acids is 1. The standard InChI is InChI=1S/C19H25NO3/c1-20-8-5-11-9-13(23-2)16(22)17-18-6-3-12(21)10-14(18)19(11,17)15(20)4-7-18/h3,6,9,13-17,22H,4-5,7-8,10H2,1-2H3. The van der Waals surface area contributed by atoms with Gasteiger partial charge in [-0.15, -0.1) is 0 Å². The molecule has 6 aliphatic rings. The third-order valence-electron chi connectivity index (χ3n) is 7.84. The molecule has 5 aliphatic carbocycles. The average Bonchev–Trinajstić information content (AvgIpc) is 2.55. The number of piperidine rings is 1. The Labute approximate surface area is 137 Å². The lowest BCUT2D eigenvalue weighted by Crippen LogP contribution is -2.81. The summed E-state index contributed by atoms with van der Waals surface area (Å²) in [6.45, 7) is 1.07. The van der Waals surface area contributed by atoms with Gasteiger partial charge in [-0.1, -0.05) is 17.7 Å². The van der Waals surface area contributed by atoms with E-state index < -0.39 is 6.10 Å². The molecule has 6 rings (SSSR count). The van der Waals surface area contributed by atoms with Gasteiger partial charge in [0, 0.05) is 37.5 Å². The van der Waals surface area contributed by atoms with Crippen LogP contribution in [0.15, 0.2) is 23.8 Å². The molecule has 4 heteroatoms. The van der Waals surface area contributed by atoms with Crippen molar-refractivity contribution < 1.29 is 14.6 Å². The number of ketones is 1. The van der Waals surface area contributed by atoms with Crippen LogP contribution in [0.25, 0.3) is 0 Å². The molecule has 4 fully saturated rings. The molecule has 1 N–H and O–H groups in total. The Hall–Kier alpha value is -0.970. The largest absolute Gasteiger partial charge is 0.390 e. The van der Waals surface area contributed by atoms with E-state index >= 15 is 0 Å². The summed E-state index contributed by atoms with van der Waals surface area (Å²) in [5, 5.41) is 11.1. The van der Waals surface area contributed by atoms with Crippen LogP contribution in [0, 0.1) is 22.7 Å². The lowest BCUT2D eigenvalue weighted by Gasteiger charge is -2.80. The maximum atomic E-state index is 12.1. The third kappa shape index (κ3) is 1.39. The summed E-state index contributed by atoms with van der Waals surface area (Å²) in [6, 6.07) is 0.464. The Morgan fingerprint density at radius 3 is 3.04 bits per heavy atom. The van der Waals surface area contributed by atoms with Gasteiger partial charge in [-0.05, 0) is 43.7 Å². The van der Waals surface area contributed by atoms with Crippen LogP contribution in [0.4, 0.5) is 0 Å². The molecule has 0 aromatic rings. The van der Waals surface area contributed by atoms with Crippen LogP contribution in [0.2, 0.25) is 0 Å². The summed E-state index contributed by atoms with van der Waals surface area (Å²) in [5.41, 5.74) is 1.48. The number of aliphatic hydroxyl groups excluding tert-OH is 1. The van der Waals surface area contributed by atoms with Gasteiger partial charge in [-0.2, -0.15) is 0 Å². The fraction of sp³-hybridized carbons (Fsp3) is 0.737. The van der Waals surface area contributed by atoms with E-state index in [1.54, 1.807) is 13.2 Å². The summed E-state index contributed by atoms with van der Waals surface area (Å²) in [6.07, 6.45) is 9.42.